The van der Waals surface area contributed by atoms with E-state index in [0.29, 0.717) is 12.5 Å². The van der Waals surface area contributed by atoms with Crippen molar-refractivity contribution in [1.82, 2.24) is 19.7 Å². The molecule has 3 aromatic rings. The van der Waals surface area contributed by atoms with Gasteiger partial charge in [0.05, 0.1) is 17.6 Å². The number of hydrogen-bond donors (Lipinski definition) is 1. The van der Waals surface area contributed by atoms with Gasteiger partial charge in [-0.05, 0) is 77.3 Å². The highest BCUT2D eigenvalue weighted by Gasteiger charge is 2.29. The number of nitrogens with one attached hydrogen (secondary N) is 1. The smallest absolute Gasteiger partial charge is 0.414 e. The molecule has 32 heavy (non-hydrogen) atoms. The molecule has 1 aliphatic heterocycles. The lowest BCUT2D eigenvalue weighted by atomic mass is 10.1. The topological polar surface area (TPSA) is 85.2 Å². The Morgan fingerprint density at radius 3 is 2.69 bits per heavy atom. The van der Waals surface area contributed by atoms with Crippen LogP contribution in [0.2, 0.25) is 0 Å². The molecule has 1 N–H and O–H groups in total. The van der Waals surface area contributed by atoms with E-state index in [1.165, 1.54) is 0 Å². The maximum atomic E-state index is 12.5. The van der Waals surface area contributed by atoms with Gasteiger partial charge in [-0.3, -0.25) is 9.58 Å². The number of hydrogen-bond acceptors (Lipinski definition) is 6. The quantitative estimate of drug-likeness (QED) is 0.602. The summed E-state index contributed by atoms with van der Waals surface area (Å²) in [5.74, 6) is 0.518. The van der Waals surface area contributed by atoms with E-state index < -0.39 is 5.60 Å². The van der Waals surface area contributed by atoms with Gasteiger partial charge in [0.2, 0.25) is 5.95 Å². The summed E-state index contributed by atoms with van der Waals surface area (Å²) in [5.41, 5.74) is 5.13. The monoisotopic (exact) mass is 434 g/mol. The first-order valence-corrected chi connectivity index (χ1v) is 10.9. The molecule has 0 fully saturated rings. The highest BCUT2D eigenvalue weighted by atomic mass is 16.6. The molecule has 0 aliphatic carbocycles. The molecule has 0 unspecified atom stereocenters. The average Bonchev–Trinajstić information content (AvgIpc) is 3.35. The zero-order chi connectivity index (χ0) is 23.0. The van der Waals surface area contributed by atoms with Crippen molar-refractivity contribution in [3.63, 3.8) is 0 Å². The summed E-state index contributed by atoms with van der Waals surface area (Å²) in [5, 5.41) is 7.72. The number of aromatic nitrogens is 4. The van der Waals surface area contributed by atoms with Crippen LogP contribution in [0.25, 0.3) is 11.3 Å². The third-order valence-electron chi connectivity index (χ3n) is 5.22. The van der Waals surface area contributed by atoms with Crippen molar-refractivity contribution in [3.8, 4) is 11.3 Å². The normalized spacial score (nSPS) is 13.4. The fourth-order valence-corrected chi connectivity index (χ4v) is 3.65. The Morgan fingerprint density at radius 2 is 2.00 bits per heavy atom. The highest BCUT2D eigenvalue weighted by Crippen LogP contribution is 2.32. The molecule has 8 heteroatoms. The van der Waals surface area contributed by atoms with Crippen molar-refractivity contribution in [2.45, 2.75) is 59.6 Å². The molecule has 1 amide bonds. The zero-order valence-electron chi connectivity index (χ0n) is 19.5. The second kappa shape index (κ2) is 8.26. The van der Waals surface area contributed by atoms with Crippen molar-refractivity contribution in [2.24, 2.45) is 0 Å². The number of anilines is 3. The molecule has 4 rings (SSSR count). The van der Waals surface area contributed by atoms with Crippen molar-refractivity contribution in [2.75, 3.05) is 16.8 Å². The van der Waals surface area contributed by atoms with Crippen LogP contribution >= 0.6 is 0 Å². The van der Waals surface area contributed by atoms with E-state index in [0.717, 1.165) is 40.2 Å². The van der Waals surface area contributed by atoms with E-state index in [1.54, 1.807) is 4.90 Å². The molecule has 168 valence electrons. The maximum absolute atomic E-state index is 12.5. The average molecular weight is 435 g/mol. The molecule has 3 heterocycles. The molecular weight excluding hydrogens is 404 g/mol. The van der Waals surface area contributed by atoms with Crippen LogP contribution in [0.3, 0.4) is 0 Å². The lowest BCUT2D eigenvalue weighted by Crippen LogP contribution is -2.35. The van der Waals surface area contributed by atoms with Gasteiger partial charge in [0.1, 0.15) is 5.60 Å². The summed E-state index contributed by atoms with van der Waals surface area (Å²) in [6.07, 6.45) is 6.11. The number of nitrogens with zero attached hydrogens (tertiary/aromatic N) is 5. The molecule has 2 aromatic heterocycles. The van der Waals surface area contributed by atoms with Gasteiger partial charge in [-0.15, -0.1) is 0 Å². The van der Waals surface area contributed by atoms with Crippen molar-refractivity contribution < 1.29 is 9.53 Å². The summed E-state index contributed by atoms with van der Waals surface area (Å²) in [6.45, 7) is 12.4. The number of carbonyl (C=O) groups is 1. The first-order valence-electron chi connectivity index (χ1n) is 10.9. The number of carbonyl (C=O) groups excluding carboxylic acids is 1. The summed E-state index contributed by atoms with van der Waals surface area (Å²) >= 11 is 0. The number of amides is 1. The molecule has 8 nitrogen and oxygen atoms in total. The Kier molecular flexibility index (Phi) is 5.62. The Hall–Kier alpha value is -3.42. The minimum atomic E-state index is -0.520. The number of rotatable bonds is 4. The van der Waals surface area contributed by atoms with Crippen LogP contribution in [0.15, 0.2) is 36.8 Å². The van der Waals surface area contributed by atoms with E-state index in [2.05, 4.69) is 29.2 Å². The van der Waals surface area contributed by atoms with Gasteiger partial charge in [-0.2, -0.15) is 5.10 Å². The van der Waals surface area contributed by atoms with Crippen molar-refractivity contribution in [3.05, 3.63) is 47.9 Å². The number of aryl methyl sites for hydroxylation is 1. The van der Waals surface area contributed by atoms with Gasteiger partial charge in [0.25, 0.3) is 0 Å². The van der Waals surface area contributed by atoms with Crippen LogP contribution in [0.5, 0.6) is 0 Å². The summed E-state index contributed by atoms with van der Waals surface area (Å²) < 4.78 is 7.45. The molecule has 1 aromatic carbocycles. The molecular formula is C24H30N6O2. The predicted octanol–water partition coefficient (Wildman–Crippen LogP) is 5.27. The number of fused-ring (bicyclic) bond motifs is 1. The SMILES string of the molecule is Cc1cnc(Nc2ccc3c(c2)CCN3C(=O)OC(C)(C)C)nc1-c1cnn(C(C)C)c1. The molecule has 0 spiro atoms. The van der Waals surface area contributed by atoms with Gasteiger partial charge in [0.15, 0.2) is 0 Å². The lowest BCUT2D eigenvalue weighted by molar-refractivity contribution is 0.0584. The Labute approximate surface area is 188 Å². The summed E-state index contributed by atoms with van der Waals surface area (Å²) in [7, 11) is 0. The van der Waals surface area contributed by atoms with Gasteiger partial charge in [0, 0.05) is 36.2 Å². The van der Waals surface area contributed by atoms with Crippen molar-refractivity contribution >= 4 is 23.4 Å². The Bertz CT molecular complexity index is 1150. The van der Waals surface area contributed by atoms with Gasteiger partial charge in [-0.1, -0.05) is 0 Å². The second-order valence-corrected chi connectivity index (χ2v) is 9.38. The number of benzene rings is 1. The standard InChI is InChI=1S/C24H30N6O2/c1-15(2)30-14-18(13-26-30)21-16(3)12-25-22(28-21)27-19-7-8-20-17(11-19)9-10-29(20)23(31)32-24(4,5)6/h7-8,11-15H,9-10H2,1-6H3,(H,25,27,28). The van der Waals surface area contributed by atoms with Crippen LogP contribution in [0.4, 0.5) is 22.1 Å². The zero-order valence-corrected chi connectivity index (χ0v) is 19.5. The molecule has 0 bridgehead atoms. The fraction of sp³-hybridized carbons (Fsp3) is 0.417. The predicted molar refractivity (Wildman–Crippen MR) is 125 cm³/mol. The molecule has 1 aliphatic rings. The summed E-state index contributed by atoms with van der Waals surface area (Å²) in [6, 6.07) is 6.20. The molecule has 0 radical (unpaired) electrons. The molecule has 0 atom stereocenters. The lowest BCUT2D eigenvalue weighted by Gasteiger charge is -2.24. The van der Waals surface area contributed by atoms with Gasteiger partial charge < -0.3 is 10.1 Å². The van der Waals surface area contributed by atoms with E-state index in [9.17, 15) is 4.79 Å². The maximum Gasteiger partial charge on any atom is 0.414 e. The molecule has 0 saturated heterocycles. The fourth-order valence-electron chi connectivity index (χ4n) is 3.65. The minimum absolute atomic E-state index is 0.287. The first kappa shape index (κ1) is 21.8. The van der Waals surface area contributed by atoms with Crippen LogP contribution < -0.4 is 10.2 Å². The largest absolute Gasteiger partial charge is 0.443 e. The number of ether oxygens (including phenoxy) is 1. The van der Waals surface area contributed by atoms with Crippen LogP contribution in [0.1, 0.15) is 51.8 Å². The second-order valence-electron chi connectivity index (χ2n) is 9.38. The van der Waals surface area contributed by atoms with Crippen LogP contribution in [-0.2, 0) is 11.2 Å². The van der Waals surface area contributed by atoms with Crippen LogP contribution in [0, 0.1) is 6.92 Å². The summed E-state index contributed by atoms with van der Waals surface area (Å²) in [4.78, 5) is 23.4. The van der Waals surface area contributed by atoms with Crippen molar-refractivity contribution in [1.29, 1.82) is 0 Å². The van der Waals surface area contributed by atoms with Gasteiger partial charge >= 0.3 is 6.09 Å². The minimum Gasteiger partial charge on any atom is -0.443 e. The Morgan fingerprint density at radius 1 is 1.22 bits per heavy atom. The Balaban J connectivity index is 1.54. The highest BCUT2D eigenvalue weighted by molar-refractivity contribution is 5.91. The third-order valence-corrected chi connectivity index (χ3v) is 5.22. The van der Waals surface area contributed by atoms with Crippen LogP contribution in [-0.4, -0.2) is 38.0 Å². The van der Waals surface area contributed by atoms with E-state index >= 15 is 0 Å². The molecule has 0 saturated carbocycles. The van der Waals surface area contributed by atoms with E-state index in [1.807, 2.05) is 69.2 Å². The first-order chi connectivity index (χ1) is 15.1. The van der Waals surface area contributed by atoms with Gasteiger partial charge in [-0.25, -0.2) is 14.8 Å². The third kappa shape index (κ3) is 4.59. The van der Waals surface area contributed by atoms with E-state index in [-0.39, 0.29) is 12.1 Å². The van der Waals surface area contributed by atoms with E-state index in [4.69, 9.17) is 9.72 Å².